The van der Waals surface area contributed by atoms with Crippen LogP contribution in [0.5, 0.6) is 0 Å². The third-order valence-corrected chi connectivity index (χ3v) is 5.17. The molecule has 0 bridgehead atoms. The van der Waals surface area contributed by atoms with Crippen molar-refractivity contribution in [2.75, 3.05) is 33.2 Å². The fraction of sp³-hybridized carbons (Fsp3) is 0.647. The maximum absolute atomic E-state index is 6.94. The number of hydrogen-bond acceptors (Lipinski definition) is 3. The molecule has 2 atom stereocenters. The van der Waals surface area contributed by atoms with Gasteiger partial charge in [0, 0.05) is 32.2 Å². The van der Waals surface area contributed by atoms with Gasteiger partial charge in [-0.25, -0.2) is 0 Å². The first-order valence-electron chi connectivity index (χ1n) is 7.95. The molecule has 0 saturated carbocycles. The first-order chi connectivity index (χ1) is 9.65. The average Bonchev–Trinajstić information content (AvgIpc) is 2.74. The van der Waals surface area contributed by atoms with E-state index in [2.05, 4.69) is 48.0 Å². The van der Waals surface area contributed by atoms with Crippen LogP contribution in [-0.4, -0.2) is 49.1 Å². The summed E-state index contributed by atoms with van der Waals surface area (Å²) in [6, 6.07) is 9.29. The van der Waals surface area contributed by atoms with Crippen LogP contribution in [0.3, 0.4) is 0 Å². The van der Waals surface area contributed by atoms with Gasteiger partial charge < -0.3 is 10.6 Å². The van der Waals surface area contributed by atoms with Gasteiger partial charge in [-0.1, -0.05) is 37.6 Å². The Morgan fingerprint density at radius 3 is 2.60 bits per heavy atom. The third kappa shape index (κ3) is 2.28. The van der Waals surface area contributed by atoms with Crippen molar-refractivity contribution >= 4 is 0 Å². The first-order valence-corrected chi connectivity index (χ1v) is 7.95. The van der Waals surface area contributed by atoms with Crippen LogP contribution in [0.4, 0.5) is 0 Å². The molecule has 1 aromatic rings. The van der Waals surface area contributed by atoms with Crippen LogP contribution in [0, 0.1) is 0 Å². The number of hydrogen-bond donors (Lipinski definition) is 1. The quantitative estimate of drug-likeness (QED) is 0.912. The van der Waals surface area contributed by atoms with Crippen molar-refractivity contribution in [3.05, 3.63) is 35.4 Å². The normalized spacial score (nSPS) is 31.4. The van der Waals surface area contributed by atoms with E-state index in [0.29, 0.717) is 6.04 Å². The molecule has 1 heterocycles. The van der Waals surface area contributed by atoms with Crippen molar-refractivity contribution in [2.24, 2.45) is 5.73 Å². The van der Waals surface area contributed by atoms with Gasteiger partial charge in [0.05, 0.1) is 5.54 Å². The standard InChI is InChI=1S/C17H27N3/c1-3-8-17(18)15-7-5-4-6-14(15)13-16(17)20-11-9-19(2)10-12-20/h4-7,16H,3,8-13,18H2,1-2H3. The number of nitrogens with two attached hydrogens (primary N) is 1. The van der Waals surface area contributed by atoms with E-state index in [1.165, 1.54) is 11.1 Å². The highest BCUT2D eigenvalue weighted by Crippen LogP contribution is 2.41. The van der Waals surface area contributed by atoms with Crippen LogP contribution >= 0.6 is 0 Å². The average molecular weight is 273 g/mol. The molecule has 110 valence electrons. The minimum absolute atomic E-state index is 0.152. The molecule has 20 heavy (non-hydrogen) atoms. The summed E-state index contributed by atoms with van der Waals surface area (Å²) >= 11 is 0. The van der Waals surface area contributed by atoms with E-state index in [1.807, 2.05) is 0 Å². The monoisotopic (exact) mass is 273 g/mol. The van der Waals surface area contributed by atoms with Crippen LogP contribution in [0.1, 0.15) is 30.9 Å². The predicted octanol–water partition coefficient (Wildman–Crippen LogP) is 1.81. The zero-order valence-corrected chi connectivity index (χ0v) is 12.8. The first kappa shape index (κ1) is 14.1. The number of benzene rings is 1. The molecule has 3 nitrogen and oxygen atoms in total. The Labute approximate surface area is 122 Å². The highest BCUT2D eigenvalue weighted by Gasteiger charge is 2.45. The van der Waals surface area contributed by atoms with E-state index in [1.54, 1.807) is 0 Å². The zero-order valence-electron chi connectivity index (χ0n) is 12.8. The van der Waals surface area contributed by atoms with E-state index < -0.39 is 0 Å². The van der Waals surface area contributed by atoms with Crippen molar-refractivity contribution in [3.8, 4) is 0 Å². The second-order valence-corrected chi connectivity index (χ2v) is 6.51. The highest BCUT2D eigenvalue weighted by molar-refractivity contribution is 5.41. The lowest BCUT2D eigenvalue weighted by Gasteiger charge is -2.43. The molecule has 2 unspecified atom stereocenters. The van der Waals surface area contributed by atoms with Crippen LogP contribution in [0.25, 0.3) is 0 Å². The molecule has 1 aliphatic heterocycles. The van der Waals surface area contributed by atoms with Gasteiger partial charge in [0.15, 0.2) is 0 Å². The van der Waals surface area contributed by atoms with Crippen LogP contribution in [0.15, 0.2) is 24.3 Å². The molecule has 2 aliphatic rings. The smallest absolute Gasteiger partial charge is 0.0573 e. The Morgan fingerprint density at radius 1 is 1.20 bits per heavy atom. The molecule has 2 N–H and O–H groups in total. The van der Waals surface area contributed by atoms with Gasteiger partial charge in [0.1, 0.15) is 0 Å². The van der Waals surface area contributed by atoms with Gasteiger partial charge in [0.2, 0.25) is 0 Å². The van der Waals surface area contributed by atoms with E-state index in [-0.39, 0.29) is 5.54 Å². The summed E-state index contributed by atoms with van der Waals surface area (Å²) in [7, 11) is 2.21. The molecule has 0 radical (unpaired) electrons. The molecule has 0 amide bonds. The fourth-order valence-corrected chi connectivity index (χ4v) is 4.03. The molecule has 3 rings (SSSR count). The lowest BCUT2D eigenvalue weighted by Crippen LogP contribution is -2.58. The molecule has 0 spiro atoms. The van der Waals surface area contributed by atoms with Crippen LogP contribution < -0.4 is 5.73 Å². The molecule has 1 aliphatic carbocycles. The van der Waals surface area contributed by atoms with Crippen LogP contribution in [-0.2, 0) is 12.0 Å². The van der Waals surface area contributed by atoms with Crippen LogP contribution in [0.2, 0.25) is 0 Å². The highest BCUT2D eigenvalue weighted by atomic mass is 15.3. The zero-order chi connectivity index (χ0) is 14.2. The van der Waals surface area contributed by atoms with Crippen molar-refractivity contribution < 1.29 is 0 Å². The number of fused-ring (bicyclic) bond motifs is 1. The Hall–Kier alpha value is -0.900. The lowest BCUT2D eigenvalue weighted by atomic mass is 9.84. The van der Waals surface area contributed by atoms with E-state index in [9.17, 15) is 0 Å². The van der Waals surface area contributed by atoms with Crippen molar-refractivity contribution in [1.29, 1.82) is 0 Å². The Morgan fingerprint density at radius 2 is 1.90 bits per heavy atom. The number of likely N-dealkylation sites (N-methyl/N-ethyl adjacent to an activating group) is 1. The molecule has 1 aromatic carbocycles. The lowest BCUT2D eigenvalue weighted by molar-refractivity contribution is 0.0712. The topological polar surface area (TPSA) is 32.5 Å². The van der Waals surface area contributed by atoms with Gasteiger partial charge in [-0.3, -0.25) is 4.90 Å². The van der Waals surface area contributed by atoms with Crippen molar-refractivity contribution in [3.63, 3.8) is 0 Å². The van der Waals surface area contributed by atoms with Crippen molar-refractivity contribution in [1.82, 2.24) is 9.80 Å². The van der Waals surface area contributed by atoms with Gasteiger partial charge in [-0.2, -0.15) is 0 Å². The summed E-state index contributed by atoms with van der Waals surface area (Å²) in [5.74, 6) is 0. The maximum Gasteiger partial charge on any atom is 0.0573 e. The fourth-order valence-electron chi connectivity index (χ4n) is 4.03. The Balaban J connectivity index is 1.88. The van der Waals surface area contributed by atoms with Gasteiger partial charge in [-0.05, 0) is 31.0 Å². The second-order valence-electron chi connectivity index (χ2n) is 6.51. The summed E-state index contributed by atoms with van der Waals surface area (Å²) in [5.41, 5.74) is 9.64. The Bertz CT molecular complexity index is 465. The molecular weight excluding hydrogens is 246 g/mol. The Kier molecular flexibility index (Phi) is 3.85. The SMILES string of the molecule is CCCC1(N)c2ccccc2CC1N1CCN(C)CC1. The summed E-state index contributed by atoms with van der Waals surface area (Å²) in [4.78, 5) is 5.05. The largest absolute Gasteiger partial charge is 0.320 e. The molecule has 1 saturated heterocycles. The number of rotatable bonds is 3. The van der Waals surface area contributed by atoms with Crippen molar-refractivity contribution in [2.45, 2.75) is 37.8 Å². The third-order valence-electron chi connectivity index (χ3n) is 5.17. The van der Waals surface area contributed by atoms with E-state index in [4.69, 9.17) is 5.73 Å². The summed E-state index contributed by atoms with van der Waals surface area (Å²) < 4.78 is 0. The van der Waals surface area contributed by atoms with Gasteiger partial charge in [-0.15, -0.1) is 0 Å². The second kappa shape index (κ2) is 5.47. The summed E-state index contributed by atoms with van der Waals surface area (Å²) in [6.07, 6.45) is 3.35. The predicted molar refractivity (Wildman–Crippen MR) is 83.8 cm³/mol. The van der Waals surface area contributed by atoms with E-state index >= 15 is 0 Å². The molecule has 1 fully saturated rings. The minimum atomic E-state index is -0.152. The molecule has 3 heteroatoms. The maximum atomic E-state index is 6.94. The summed E-state index contributed by atoms with van der Waals surface area (Å²) in [5, 5.41) is 0. The number of nitrogens with zero attached hydrogens (tertiary/aromatic N) is 2. The minimum Gasteiger partial charge on any atom is -0.320 e. The molecular formula is C17H27N3. The summed E-state index contributed by atoms with van der Waals surface area (Å²) in [6.45, 7) is 6.87. The number of piperazine rings is 1. The molecule has 0 aromatic heterocycles. The van der Waals surface area contributed by atoms with Gasteiger partial charge >= 0.3 is 0 Å². The van der Waals surface area contributed by atoms with Gasteiger partial charge in [0.25, 0.3) is 0 Å². The van der Waals surface area contributed by atoms with E-state index in [0.717, 1.165) is 45.4 Å².